The van der Waals surface area contributed by atoms with Crippen molar-refractivity contribution in [2.45, 2.75) is 120 Å². The Kier molecular flexibility index (Phi) is 12.8. The second-order valence-corrected chi connectivity index (χ2v) is 20.1. The summed E-state index contributed by atoms with van der Waals surface area (Å²) in [5.41, 5.74) is 0.401. The molecule has 4 aromatic rings. The number of rotatable bonds is 14. The van der Waals surface area contributed by atoms with Crippen molar-refractivity contribution in [3.63, 3.8) is 0 Å². The number of amides is 3. The number of unbranched alkanes of at least 4 members (excludes halogenated alkanes) is 1. The lowest BCUT2D eigenvalue weighted by Gasteiger charge is -2.37. The molecule has 3 amide bonds. The SMILES string of the molecule is CCCCOC(=O)[C@H](C)NP(=O)(Oc1ccccc1)[C@@H](F)c1ccc2sc(C(=O)N[C@H]3CCCC[C@H]4CC[C@@H](C(=O)N5C[C@@H](c6cccnc6)[C@H](C#N)C56CC6)N4C3=O)cc2c1. The Balaban J connectivity index is 0.986. The van der Waals surface area contributed by atoms with E-state index in [0.717, 1.165) is 44.1 Å². The molecule has 2 aromatic heterocycles. The first-order valence-electron chi connectivity index (χ1n) is 21.7. The van der Waals surface area contributed by atoms with E-state index in [1.165, 1.54) is 30.4 Å². The molecule has 0 bridgehead atoms. The van der Waals surface area contributed by atoms with Gasteiger partial charge in [0.25, 0.3) is 5.91 Å². The van der Waals surface area contributed by atoms with E-state index in [1.54, 1.807) is 59.8 Å². The summed E-state index contributed by atoms with van der Waals surface area (Å²) in [6, 6.07) is 17.9. The molecule has 0 radical (unpaired) electrons. The van der Waals surface area contributed by atoms with Crippen LogP contribution in [0.3, 0.4) is 0 Å². The second-order valence-electron chi connectivity index (χ2n) is 17.0. The van der Waals surface area contributed by atoms with Crippen molar-refractivity contribution in [2.75, 3.05) is 13.2 Å². The van der Waals surface area contributed by atoms with E-state index in [2.05, 4.69) is 21.5 Å². The molecule has 1 saturated carbocycles. The van der Waals surface area contributed by atoms with Crippen molar-refractivity contribution in [3.05, 3.63) is 95.1 Å². The molecule has 1 unspecified atom stereocenters. The molecule has 8 atom stereocenters. The molecule has 3 saturated heterocycles. The summed E-state index contributed by atoms with van der Waals surface area (Å²) in [4.78, 5) is 64.0. The van der Waals surface area contributed by atoms with E-state index >= 15 is 4.39 Å². The van der Waals surface area contributed by atoms with Crippen molar-refractivity contribution in [3.8, 4) is 11.8 Å². The zero-order valence-corrected chi connectivity index (χ0v) is 36.6. The summed E-state index contributed by atoms with van der Waals surface area (Å²) in [6.07, 6.45) is 10.4. The van der Waals surface area contributed by atoms with Crippen molar-refractivity contribution in [1.82, 2.24) is 25.2 Å². The van der Waals surface area contributed by atoms with Crippen molar-refractivity contribution >= 4 is 52.6 Å². The fourth-order valence-corrected chi connectivity index (χ4v) is 12.4. The first-order valence-corrected chi connectivity index (χ1v) is 24.2. The molecule has 5 heterocycles. The highest BCUT2D eigenvalue weighted by Crippen LogP contribution is 2.59. The summed E-state index contributed by atoms with van der Waals surface area (Å²) in [5, 5.41) is 16.4. The number of halogens is 1. The van der Waals surface area contributed by atoms with E-state index in [0.29, 0.717) is 47.2 Å². The van der Waals surface area contributed by atoms with Crippen LogP contribution in [0.15, 0.2) is 79.1 Å². The highest BCUT2D eigenvalue weighted by molar-refractivity contribution is 7.57. The lowest BCUT2D eigenvalue weighted by Crippen LogP contribution is -2.57. The summed E-state index contributed by atoms with van der Waals surface area (Å²) >= 11 is 1.18. The molecule has 4 fully saturated rings. The van der Waals surface area contributed by atoms with Crippen LogP contribution < -0.4 is 14.9 Å². The number of carbonyl (C=O) groups is 4. The Hall–Kier alpha value is -5.16. The van der Waals surface area contributed by atoms with E-state index < -0.39 is 49.0 Å². The normalized spacial score (nSPS) is 24.9. The van der Waals surface area contributed by atoms with Gasteiger partial charge in [-0.05, 0) is 105 Å². The summed E-state index contributed by atoms with van der Waals surface area (Å²) in [5.74, 6) is -4.14. The third-order valence-electron chi connectivity index (χ3n) is 12.9. The monoisotopic (exact) mass is 882 g/mol. The van der Waals surface area contributed by atoms with Crippen LogP contribution >= 0.6 is 18.9 Å². The predicted octanol–water partition coefficient (Wildman–Crippen LogP) is 8.19. The second kappa shape index (κ2) is 18.3. The number of thiophene rings is 1. The standard InChI is InChI=1S/C46H52FN6O7PS/c1-3-4-23-59-45(57)29(2)51-61(58,60-34-13-6-5-7-14-34)41(47)30-16-19-39-32(24-30)25-40(62-39)42(54)50-37-15-9-8-12-33-17-18-38(53(33)43(37)55)44(56)52-28-35(31-11-10-22-49-27-31)36(26-48)46(52)20-21-46/h5-7,10-11,13-14,16,19,22,24-25,27,29,33,35-38,41H,3-4,8-9,12,15,17-18,20-21,23,28H2,1-2H3,(H,50,54)(H,51,58)/t29-,33-,35-,36-,37-,38-,41+,61?/m0/s1. The van der Waals surface area contributed by atoms with Crippen LogP contribution in [0.1, 0.15) is 111 Å². The minimum absolute atomic E-state index is 0.0189. The van der Waals surface area contributed by atoms with Gasteiger partial charge in [-0.2, -0.15) is 5.26 Å². The number of esters is 1. The van der Waals surface area contributed by atoms with Gasteiger partial charge in [0.2, 0.25) is 17.7 Å². The van der Waals surface area contributed by atoms with Crippen molar-refractivity contribution in [2.24, 2.45) is 5.92 Å². The number of fused-ring (bicyclic) bond motifs is 2. The van der Waals surface area contributed by atoms with Gasteiger partial charge in [0, 0.05) is 35.6 Å². The number of hydrogen-bond acceptors (Lipinski definition) is 10. The highest BCUT2D eigenvalue weighted by atomic mass is 32.1. The zero-order valence-electron chi connectivity index (χ0n) is 34.9. The Morgan fingerprint density at radius 1 is 1.06 bits per heavy atom. The fourth-order valence-electron chi connectivity index (χ4n) is 9.52. The molecule has 3 aliphatic heterocycles. The van der Waals surface area contributed by atoms with E-state index in [9.17, 15) is 29.0 Å². The number of ether oxygens (including phenoxy) is 1. The Morgan fingerprint density at radius 2 is 1.85 bits per heavy atom. The third kappa shape index (κ3) is 8.61. The zero-order chi connectivity index (χ0) is 43.6. The number of benzene rings is 2. The maximum Gasteiger partial charge on any atom is 0.355 e. The minimum Gasteiger partial charge on any atom is -0.465 e. The van der Waals surface area contributed by atoms with E-state index in [1.807, 2.05) is 24.0 Å². The van der Waals surface area contributed by atoms with Gasteiger partial charge >= 0.3 is 13.5 Å². The minimum atomic E-state index is -4.47. The quantitative estimate of drug-likeness (QED) is 0.0715. The Labute approximate surface area is 364 Å². The average molecular weight is 883 g/mol. The number of para-hydroxylation sites is 1. The molecule has 4 aliphatic rings. The number of nitrogens with zero attached hydrogens (tertiary/aromatic N) is 4. The molecular formula is C46H52FN6O7PS. The van der Waals surface area contributed by atoms with Gasteiger partial charge in [0.1, 0.15) is 23.9 Å². The van der Waals surface area contributed by atoms with E-state index in [-0.39, 0.29) is 47.6 Å². The van der Waals surface area contributed by atoms with Crippen LogP contribution in [0.2, 0.25) is 0 Å². The van der Waals surface area contributed by atoms with Gasteiger partial charge < -0.3 is 24.4 Å². The lowest BCUT2D eigenvalue weighted by molar-refractivity contribution is -0.148. The molecule has 326 valence electrons. The van der Waals surface area contributed by atoms with Crippen molar-refractivity contribution < 1.29 is 37.4 Å². The summed E-state index contributed by atoms with van der Waals surface area (Å²) in [7, 11) is -4.47. The van der Waals surface area contributed by atoms with Gasteiger partial charge in [0.05, 0.1) is 29.0 Å². The molecule has 62 heavy (non-hydrogen) atoms. The summed E-state index contributed by atoms with van der Waals surface area (Å²) in [6.45, 7) is 3.97. The van der Waals surface area contributed by atoms with E-state index in [4.69, 9.17) is 9.26 Å². The third-order valence-corrected chi connectivity index (χ3v) is 16.1. The number of alkyl halides is 1. The smallest absolute Gasteiger partial charge is 0.355 e. The number of pyridine rings is 1. The average Bonchev–Trinajstić information content (AvgIpc) is 3.60. The number of carbonyl (C=O) groups excluding carboxylic acids is 4. The predicted molar refractivity (Wildman–Crippen MR) is 232 cm³/mol. The van der Waals surface area contributed by atoms with Crippen LogP contribution in [0.5, 0.6) is 5.75 Å². The van der Waals surface area contributed by atoms with Crippen molar-refractivity contribution in [1.29, 1.82) is 5.26 Å². The largest absolute Gasteiger partial charge is 0.465 e. The van der Waals surface area contributed by atoms with Gasteiger partial charge in [-0.25, -0.2) is 9.48 Å². The Bertz CT molecular complexity index is 2390. The molecule has 8 rings (SSSR count). The number of nitriles is 1. The van der Waals surface area contributed by atoms with Crippen LogP contribution in [0.25, 0.3) is 10.1 Å². The van der Waals surface area contributed by atoms with Crippen LogP contribution in [-0.2, 0) is 23.7 Å². The topological polar surface area (TPSA) is 171 Å². The molecule has 2 N–H and O–H groups in total. The molecular weight excluding hydrogens is 831 g/mol. The highest BCUT2D eigenvalue weighted by Gasteiger charge is 2.64. The van der Waals surface area contributed by atoms with Gasteiger partial charge in [-0.1, -0.05) is 56.5 Å². The lowest BCUT2D eigenvalue weighted by atomic mass is 9.85. The molecule has 16 heteroatoms. The molecule has 2 aromatic carbocycles. The Morgan fingerprint density at radius 3 is 2.58 bits per heavy atom. The van der Waals surface area contributed by atoms with Crippen LogP contribution in [-0.4, -0.2) is 81.3 Å². The number of nitrogens with one attached hydrogen (secondary N) is 2. The van der Waals surface area contributed by atoms with Crippen LogP contribution in [0.4, 0.5) is 4.39 Å². The maximum atomic E-state index is 16.6. The number of hydrogen-bond donors (Lipinski definition) is 2. The maximum absolute atomic E-state index is 16.6. The van der Waals surface area contributed by atoms with Crippen LogP contribution in [0, 0.1) is 17.2 Å². The first kappa shape index (κ1) is 43.5. The van der Waals surface area contributed by atoms with Gasteiger partial charge in [-0.3, -0.25) is 28.7 Å². The first-order chi connectivity index (χ1) is 30.0. The summed E-state index contributed by atoms with van der Waals surface area (Å²) < 4.78 is 42.7. The molecule has 1 spiro atoms. The fraction of sp³-hybridized carbons (Fsp3) is 0.478. The number of aromatic nitrogens is 1. The molecule has 1 aliphatic carbocycles. The van der Waals surface area contributed by atoms with Gasteiger partial charge in [0.15, 0.2) is 0 Å². The number of likely N-dealkylation sites (tertiary alicyclic amines) is 1. The molecule has 13 nitrogen and oxygen atoms in total. The van der Waals surface area contributed by atoms with Gasteiger partial charge in [-0.15, -0.1) is 11.3 Å².